The Kier molecular flexibility index (Phi) is 7.06. The Labute approximate surface area is 180 Å². The summed E-state index contributed by atoms with van der Waals surface area (Å²) in [5, 5.41) is 5.34. The minimum atomic E-state index is -3.87. The van der Waals surface area contributed by atoms with Crippen molar-refractivity contribution in [1.29, 1.82) is 0 Å². The predicted octanol–water partition coefficient (Wildman–Crippen LogP) is 6.15. The zero-order valence-corrected chi connectivity index (χ0v) is 18.4. The third-order valence-electron chi connectivity index (χ3n) is 4.38. The van der Waals surface area contributed by atoms with Gasteiger partial charge in [-0.25, -0.2) is 8.78 Å². The van der Waals surface area contributed by atoms with Crippen LogP contribution in [0.4, 0.5) is 8.78 Å². The van der Waals surface area contributed by atoms with Gasteiger partial charge in [0, 0.05) is 30.1 Å². The van der Waals surface area contributed by atoms with Crippen molar-refractivity contribution in [2.24, 2.45) is 0 Å². The van der Waals surface area contributed by atoms with Crippen molar-refractivity contribution in [1.82, 2.24) is 5.32 Å². The second-order valence-electron chi connectivity index (χ2n) is 6.15. The molecule has 0 aliphatic heterocycles. The fourth-order valence-electron chi connectivity index (χ4n) is 2.89. The van der Waals surface area contributed by atoms with Gasteiger partial charge in [-0.05, 0) is 58.3 Å². The first kappa shape index (κ1) is 22.6. The van der Waals surface area contributed by atoms with Gasteiger partial charge in [0.05, 0.1) is 0 Å². The molecule has 3 rings (SSSR count). The summed E-state index contributed by atoms with van der Waals surface area (Å²) in [6, 6.07) is 8.51. The number of thiophene rings is 1. The second-order valence-corrected chi connectivity index (χ2v) is 9.83. The van der Waals surface area contributed by atoms with E-state index in [0.29, 0.717) is 21.5 Å². The van der Waals surface area contributed by atoms with Crippen molar-refractivity contribution in [3.63, 3.8) is 0 Å². The molecule has 5 nitrogen and oxygen atoms in total. The first-order valence-corrected chi connectivity index (χ1v) is 11.5. The number of carbonyl (C=O) groups is 1. The molecular weight excluding hydrogens is 455 g/mol. The molecule has 158 valence electrons. The Morgan fingerprint density at radius 3 is 2.57 bits per heavy atom. The van der Waals surface area contributed by atoms with E-state index in [9.17, 15) is 18.1 Å². The topological polar surface area (TPSA) is 64.6 Å². The zero-order valence-electron chi connectivity index (χ0n) is 15.9. The number of carbonyl (C=O) groups excluding carboxylic acids is 1. The van der Waals surface area contributed by atoms with Gasteiger partial charge in [0.15, 0.2) is 17.3 Å². The fourth-order valence-corrected chi connectivity index (χ4v) is 5.62. The molecule has 0 radical (unpaired) electrons. The van der Waals surface area contributed by atoms with Crippen molar-refractivity contribution >= 4 is 52.6 Å². The van der Waals surface area contributed by atoms with E-state index in [4.69, 9.17) is 20.6 Å². The third kappa shape index (κ3) is 4.63. The molecule has 0 aliphatic rings. The summed E-state index contributed by atoms with van der Waals surface area (Å²) >= 11 is 7.46. The first-order valence-electron chi connectivity index (χ1n) is 8.59. The maximum absolute atomic E-state index is 13.3. The number of amides is 1. The standard InChI is InChI=1S/C20H17ClF2NO4PS/c1-27-29(26,28-2)19(15-11-30-18-6-4-13(21)10-14(15)18)20(25)24-8-7-12-3-5-16(22)17(23)9-12/h3-11,19H,1-2H3,(H,24,25)/b8-7+. The van der Waals surface area contributed by atoms with Crippen molar-refractivity contribution in [3.05, 3.63) is 75.8 Å². The molecule has 1 heterocycles. The molecule has 1 N–H and O–H groups in total. The van der Waals surface area contributed by atoms with E-state index in [1.54, 1.807) is 23.6 Å². The lowest BCUT2D eigenvalue weighted by Crippen LogP contribution is -2.26. The molecular formula is C20H17ClF2NO4PS. The van der Waals surface area contributed by atoms with Crippen LogP contribution in [-0.4, -0.2) is 20.1 Å². The van der Waals surface area contributed by atoms with Crippen LogP contribution in [0, 0.1) is 11.6 Å². The Bertz CT molecular complexity index is 1160. The van der Waals surface area contributed by atoms with Crippen molar-refractivity contribution in [2.75, 3.05) is 14.2 Å². The molecule has 0 aliphatic carbocycles. The number of rotatable bonds is 7. The van der Waals surface area contributed by atoms with Crippen molar-refractivity contribution in [3.8, 4) is 0 Å². The number of hydrogen-bond donors (Lipinski definition) is 1. The zero-order chi connectivity index (χ0) is 21.9. The molecule has 1 unspecified atom stereocenters. The minimum absolute atomic E-state index is 0.334. The highest BCUT2D eigenvalue weighted by molar-refractivity contribution is 7.55. The highest BCUT2D eigenvalue weighted by atomic mass is 35.5. The van der Waals surface area contributed by atoms with Crippen LogP contribution in [-0.2, 0) is 18.4 Å². The summed E-state index contributed by atoms with van der Waals surface area (Å²) in [5.74, 6) is -2.63. The molecule has 3 aromatic rings. The van der Waals surface area contributed by atoms with E-state index >= 15 is 0 Å². The van der Waals surface area contributed by atoms with Crippen LogP contribution < -0.4 is 5.32 Å². The molecule has 30 heavy (non-hydrogen) atoms. The molecule has 0 saturated heterocycles. The van der Waals surface area contributed by atoms with Crippen LogP contribution in [0.5, 0.6) is 0 Å². The number of halogens is 3. The molecule has 0 saturated carbocycles. The van der Waals surface area contributed by atoms with Gasteiger partial charge in [-0.3, -0.25) is 9.36 Å². The lowest BCUT2D eigenvalue weighted by molar-refractivity contribution is -0.120. The van der Waals surface area contributed by atoms with Gasteiger partial charge in [-0.15, -0.1) is 11.3 Å². The van der Waals surface area contributed by atoms with Crippen LogP contribution >= 0.6 is 30.5 Å². The SMILES string of the molecule is COP(=O)(OC)C(C(=O)N/C=C/c1ccc(F)c(F)c1)c1csc2ccc(Cl)cc12. The molecule has 0 spiro atoms. The summed E-state index contributed by atoms with van der Waals surface area (Å²) in [6.45, 7) is 0. The van der Waals surface area contributed by atoms with Crippen molar-refractivity contribution in [2.45, 2.75) is 5.66 Å². The van der Waals surface area contributed by atoms with Gasteiger partial charge in [0.1, 0.15) is 0 Å². The van der Waals surface area contributed by atoms with Gasteiger partial charge in [0.2, 0.25) is 5.91 Å². The molecule has 1 atom stereocenters. The van der Waals surface area contributed by atoms with E-state index in [2.05, 4.69) is 5.32 Å². The van der Waals surface area contributed by atoms with Crippen LogP contribution in [0.3, 0.4) is 0 Å². The van der Waals surface area contributed by atoms with Crippen molar-refractivity contribution < 1.29 is 27.2 Å². The Morgan fingerprint density at radius 2 is 1.90 bits per heavy atom. The molecule has 0 fully saturated rings. The average molecular weight is 472 g/mol. The maximum atomic E-state index is 13.3. The van der Waals surface area contributed by atoms with Crippen LogP contribution in [0.1, 0.15) is 16.8 Å². The molecule has 1 aromatic heterocycles. The molecule has 0 bridgehead atoms. The lowest BCUT2D eigenvalue weighted by Gasteiger charge is -2.23. The number of benzene rings is 2. The molecule has 2 aromatic carbocycles. The highest BCUT2D eigenvalue weighted by Crippen LogP contribution is 2.61. The molecule has 1 amide bonds. The summed E-state index contributed by atoms with van der Waals surface area (Å²) in [6.07, 6.45) is 2.63. The minimum Gasteiger partial charge on any atom is -0.332 e. The van der Waals surface area contributed by atoms with E-state index < -0.39 is 30.8 Å². The number of fused-ring (bicyclic) bond motifs is 1. The van der Waals surface area contributed by atoms with Crippen LogP contribution in [0.25, 0.3) is 16.2 Å². The number of hydrogen-bond acceptors (Lipinski definition) is 5. The maximum Gasteiger partial charge on any atom is 0.347 e. The largest absolute Gasteiger partial charge is 0.347 e. The van der Waals surface area contributed by atoms with E-state index in [0.717, 1.165) is 16.8 Å². The summed E-state index contributed by atoms with van der Waals surface area (Å²) in [4.78, 5) is 13.0. The second kappa shape index (κ2) is 9.37. The van der Waals surface area contributed by atoms with E-state index in [1.165, 1.54) is 43.9 Å². The summed E-state index contributed by atoms with van der Waals surface area (Å²) < 4.78 is 50.6. The van der Waals surface area contributed by atoms with Gasteiger partial charge >= 0.3 is 7.60 Å². The summed E-state index contributed by atoms with van der Waals surface area (Å²) in [5.41, 5.74) is -0.488. The van der Waals surface area contributed by atoms with E-state index in [-0.39, 0.29) is 0 Å². The Morgan fingerprint density at radius 1 is 1.17 bits per heavy atom. The average Bonchev–Trinajstić information content (AvgIpc) is 3.13. The van der Waals surface area contributed by atoms with Gasteiger partial charge < -0.3 is 14.4 Å². The monoisotopic (exact) mass is 471 g/mol. The lowest BCUT2D eigenvalue weighted by atomic mass is 10.1. The predicted molar refractivity (Wildman–Crippen MR) is 115 cm³/mol. The number of nitrogens with one attached hydrogen (secondary N) is 1. The quantitative estimate of drug-likeness (QED) is 0.420. The highest BCUT2D eigenvalue weighted by Gasteiger charge is 2.42. The van der Waals surface area contributed by atoms with Gasteiger partial charge in [0.25, 0.3) is 0 Å². The smallest absolute Gasteiger partial charge is 0.332 e. The van der Waals surface area contributed by atoms with E-state index in [1.807, 2.05) is 0 Å². The normalized spacial score (nSPS) is 13.1. The Hall–Kier alpha value is -2.09. The van der Waals surface area contributed by atoms with Gasteiger partial charge in [-0.2, -0.15) is 0 Å². The third-order valence-corrected chi connectivity index (χ3v) is 7.76. The Balaban J connectivity index is 1.95. The first-order chi connectivity index (χ1) is 14.3. The molecule has 10 heteroatoms. The van der Waals surface area contributed by atoms with Gasteiger partial charge in [-0.1, -0.05) is 17.7 Å². The summed E-state index contributed by atoms with van der Waals surface area (Å²) in [7, 11) is -1.48. The fraction of sp³-hybridized carbons (Fsp3) is 0.150. The van der Waals surface area contributed by atoms with Crippen LogP contribution in [0.2, 0.25) is 5.02 Å². The van der Waals surface area contributed by atoms with Crippen LogP contribution in [0.15, 0.2) is 48.0 Å².